The number of carbonyl (C=O) groups is 1. The third-order valence-electron chi connectivity index (χ3n) is 2.77. The van der Waals surface area contributed by atoms with Gasteiger partial charge in [0.25, 0.3) is 0 Å². The minimum absolute atomic E-state index is 0.0510. The molecule has 0 saturated carbocycles. The van der Waals surface area contributed by atoms with Gasteiger partial charge in [-0.2, -0.15) is 0 Å². The van der Waals surface area contributed by atoms with Crippen molar-refractivity contribution in [1.29, 1.82) is 0 Å². The van der Waals surface area contributed by atoms with Crippen LogP contribution in [0.5, 0.6) is 0 Å². The van der Waals surface area contributed by atoms with Gasteiger partial charge in [0.2, 0.25) is 0 Å². The SMILES string of the molecule is O=C(O)C1=C(c2cnc3cc(Cl)ccc3c2)NNN1. The highest BCUT2D eigenvalue weighted by Crippen LogP contribution is 2.22. The molecule has 0 fully saturated rings. The Morgan fingerprint density at radius 3 is 2.89 bits per heavy atom. The van der Waals surface area contributed by atoms with E-state index in [0.717, 1.165) is 10.9 Å². The number of nitrogens with zero attached hydrogens (tertiary/aromatic N) is 1. The third kappa shape index (κ3) is 2.07. The van der Waals surface area contributed by atoms with Crippen LogP contribution < -0.4 is 16.4 Å². The molecule has 1 aliphatic heterocycles. The van der Waals surface area contributed by atoms with Gasteiger partial charge in [-0.15, -0.1) is 5.53 Å². The van der Waals surface area contributed by atoms with E-state index in [1.54, 1.807) is 18.3 Å². The Balaban J connectivity index is 2.13. The average molecular weight is 277 g/mol. The monoisotopic (exact) mass is 276 g/mol. The minimum atomic E-state index is -1.05. The van der Waals surface area contributed by atoms with Crippen LogP contribution in [0.25, 0.3) is 16.6 Å². The van der Waals surface area contributed by atoms with Gasteiger partial charge in [0.1, 0.15) is 0 Å². The van der Waals surface area contributed by atoms with Crippen molar-refractivity contribution in [3.8, 4) is 0 Å². The van der Waals surface area contributed by atoms with E-state index in [1.165, 1.54) is 0 Å². The van der Waals surface area contributed by atoms with Crippen molar-refractivity contribution in [3.05, 3.63) is 46.7 Å². The largest absolute Gasteiger partial charge is 0.476 e. The van der Waals surface area contributed by atoms with Gasteiger partial charge in [-0.05, 0) is 18.2 Å². The number of aliphatic carboxylic acids is 1. The molecule has 0 saturated heterocycles. The van der Waals surface area contributed by atoms with E-state index in [4.69, 9.17) is 16.7 Å². The van der Waals surface area contributed by atoms with Crippen LogP contribution in [-0.2, 0) is 4.79 Å². The molecule has 0 radical (unpaired) electrons. The van der Waals surface area contributed by atoms with Crippen molar-refractivity contribution in [1.82, 2.24) is 21.4 Å². The fraction of sp³-hybridized carbons (Fsp3) is 0. The lowest BCUT2D eigenvalue weighted by Crippen LogP contribution is -2.33. The van der Waals surface area contributed by atoms with Crippen LogP contribution in [0.15, 0.2) is 36.2 Å². The molecule has 96 valence electrons. The summed E-state index contributed by atoms with van der Waals surface area (Å²) >= 11 is 5.89. The number of hydrazine groups is 2. The lowest BCUT2D eigenvalue weighted by Gasteiger charge is -2.05. The summed E-state index contributed by atoms with van der Waals surface area (Å²) in [5, 5.41) is 10.6. The number of rotatable bonds is 2. The van der Waals surface area contributed by atoms with Crippen molar-refractivity contribution >= 4 is 34.2 Å². The Kier molecular flexibility index (Phi) is 2.73. The van der Waals surface area contributed by atoms with Gasteiger partial charge in [0.05, 0.1) is 11.2 Å². The van der Waals surface area contributed by atoms with Gasteiger partial charge >= 0.3 is 5.97 Å². The van der Waals surface area contributed by atoms with Gasteiger partial charge in [0.15, 0.2) is 5.70 Å². The van der Waals surface area contributed by atoms with Crippen molar-refractivity contribution < 1.29 is 9.90 Å². The van der Waals surface area contributed by atoms with Crippen molar-refractivity contribution in [2.45, 2.75) is 0 Å². The van der Waals surface area contributed by atoms with Crippen LogP contribution in [0.2, 0.25) is 5.02 Å². The molecule has 2 aromatic rings. The summed E-state index contributed by atoms with van der Waals surface area (Å²) in [5.74, 6) is -1.05. The Morgan fingerprint density at radius 2 is 2.11 bits per heavy atom. The number of carboxylic acids is 1. The second kappa shape index (κ2) is 4.42. The van der Waals surface area contributed by atoms with Crippen molar-refractivity contribution in [3.63, 3.8) is 0 Å². The minimum Gasteiger partial charge on any atom is -0.476 e. The molecular formula is C12H9ClN4O2. The molecule has 1 aliphatic rings. The maximum atomic E-state index is 11.1. The number of halogens is 1. The Morgan fingerprint density at radius 1 is 1.26 bits per heavy atom. The summed E-state index contributed by atoms with van der Waals surface area (Å²) in [6, 6.07) is 7.20. The van der Waals surface area contributed by atoms with Crippen molar-refractivity contribution in [2.24, 2.45) is 0 Å². The van der Waals surface area contributed by atoms with Crippen molar-refractivity contribution in [2.75, 3.05) is 0 Å². The number of hydrogen-bond acceptors (Lipinski definition) is 5. The zero-order valence-electron chi connectivity index (χ0n) is 9.57. The van der Waals surface area contributed by atoms with Crippen LogP contribution in [0.1, 0.15) is 5.56 Å². The predicted octanol–water partition coefficient (Wildman–Crippen LogP) is 1.25. The van der Waals surface area contributed by atoms with Gasteiger partial charge < -0.3 is 10.5 Å². The topological polar surface area (TPSA) is 86.3 Å². The van der Waals surface area contributed by atoms with Gasteiger partial charge in [0, 0.05) is 22.2 Å². The molecule has 19 heavy (non-hydrogen) atoms. The van der Waals surface area contributed by atoms with Crippen LogP contribution in [0.3, 0.4) is 0 Å². The zero-order valence-corrected chi connectivity index (χ0v) is 10.3. The highest BCUT2D eigenvalue weighted by atomic mass is 35.5. The number of nitrogens with one attached hydrogen (secondary N) is 3. The van der Waals surface area contributed by atoms with E-state index in [9.17, 15) is 4.79 Å². The molecule has 0 aliphatic carbocycles. The fourth-order valence-corrected chi connectivity index (χ4v) is 2.06. The standard InChI is InChI=1S/C12H9ClN4O2/c13-8-2-1-6-3-7(5-14-9(6)4-8)10-11(12(18)19)16-17-15-10/h1-5,15-17H,(H,18,19). The maximum absolute atomic E-state index is 11.1. The molecular weight excluding hydrogens is 268 g/mol. The quantitative estimate of drug-likeness (QED) is 0.661. The molecule has 0 amide bonds. The first-order chi connectivity index (χ1) is 9.15. The molecule has 0 bridgehead atoms. The third-order valence-corrected chi connectivity index (χ3v) is 3.01. The average Bonchev–Trinajstić information content (AvgIpc) is 2.87. The number of pyridine rings is 1. The predicted molar refractivity (Wildman–Crippen MR) is 70.7 cm³/mol. The number of carboxylic acid groups (broad SMARTS) is 1. The van der Waals surface area contributed by atoms with E-state index in [1.807, 2.05) is 12.1 Å². The van der Waals surface area contributed by atoms with Crippen LogP contribution in [0, 0.1) is 0 Å². The number of benzene rings is 1. The molecule has 0 unspecified atom stereocenters. The molecule has 1 aromatic carbocycles. The second-order valence-electron chi connectivity index (χ2n) is 3.99. The Labute approximate surface area is 113 Å². The van der Waals surface area contributed by atoms with Gasteiger partial charge in [-0.3, -0.25) is 10.4 Å². The zero-order chi connectivity index (χ0) is 13.4. The Hall–Kier alpha value is -2.31. The molecule has 4 N–H and O–H groups in total. The van der Waals surface area contributed by atoms with Gasteiger partial charge in [-0.1, -0.05) is 17.7 Å². The van der Waals surface area contributed by atoms with E-state index >= 15 is 0 Å². The fourth-order valence-electron chi connectivity index (χ4n) is 1.89. The summed E-state index contributed by atoms with van der Waals surface area (Å²) in [6.07, 6.45) is 1.60. The van der Waals surface area contributed by atoms with Crippen LogP contribution in [0.4, 0.5) is 0 Å². The normalized spacial score (nSPS) is 14.4. The molecule has 2 heterocycles. The van der Waals surface area contributed by atoms with E-state index in [2.05, 4.69) is 21.4 Å². The lowest BCUT2D eigenvalue weighted by atomic mass is 10.1. The highest BCUT2D eigenvalue weighted by molar-refractivity contribution is 6.31. The van der Waals surface area contributed by atoms with Crippen LogP contribution >= 0.6 is 11.6 Å². The summed E-state index contributed by atoms with van der Waals surface area (Å²) < 4.78 is 0. The molecule has 6 nitrogen and oxygen atoms in total. The highest BCUT2D eigenvalue weighted by Gasteiger charge is 2.21. The molecule has 0 atom stereocenters. The van der Waals surface area contributed by atoms with Gasteiger partial charge in [-0.25, -0.2) is 4.79 Å². The molecule has 7 heteroatoms. The van der Waals surface area contributed by atoms with E-state index < -0.39 is 5.97 Å². The first kappa shape index (κ1) is 11.8. The first-order valence-corrected chi connectivity index (χ1v) is 5.83. The maximum Gasteiger partial charge on any atom is 0.355 e. The molecule has 0 spiro atoms. The van der Waals surface area contributed by atoms with E-state index in [0.29, 0.717) is 16.3 Å². The number of hydrogen-bond donors (Lipinski definition) is 4. The smallest absolute Gasteiger partial charge is 0.355 e. The summed E-state index contributed by atoms with van der Waals surface area (Å²) in [7, 11) is 0. The van der Waals surface area contributed by atoms with E-state index in [-0.39, 0.29) is 5.70 Å². The van der Waals surface area contributed by atoms with Crippen LogP contribution in [-0.4, -0.2) is 16.1 Å². The Bertz CT molecular complexity index is 714. The summed E-state index contributed by atoms with van der Waals surface area (Å²) in [6.45, 7) is 0. The summed E-state index contributed by atoms with van der Waals surface area (Å²) in [4.78, 5) is 15.3. The number of aromatic nitrogens is 1. The summed E-state index contributed by atoms with van der Waals surface area (Å²) in [5.41, 5.74) is 9.76. The molecule has 3 rings (SSSR count). The number of fused-ring (bicyclic) bond motifs is 1. The second-order valence-corrected chi connectivity index (χ2v) is 4.43. The first-order valence-electron chi connectivity index (χ1n) is 5.45. The molecule has 1 aromatic heterocycles. The lowest BCUT2D eigenvalue weighted by molar-refractivity contribution is -0.133.